The van der Waals surface area contributed by atoms with Crippen molar-refractivity contribution in [2.24, 2.45) is 0 Å². The minimum absolute atomic E-state index is 0.0530. The summed E-state index contributed by atoms with van der Waals surface area (Å²) in [5.74, 6) is -1.13. The molecule has 0 radical (unpaired) electrons. The summed E-state index contributed by atoms with van der Waals surface area (Å²) in [7, 11) is -4.27. The first-order valence-electron chi connectivity index (χ1n) is 6.00. The van der Waals surface area contributed by atoms with E-state index in [-0.39, 0.29) is 10.7 Å². The second-order valence-corrected chi connectivity index (χ2v) is 5.96. The van der Waals surface area contributed by atoms with E-state index in [1.807, 2.05) is 0 Å². The number of aromatic nitrogens is 2. The quantitative estimate of drug-likeness (QED) is 0.505. The Balaban J connectivity index is 2.50. The van der Waals surface area contributed by atoms with E-state index in [0.29, 0.717) is 0 Å². The van der Waals surface area contributed by atoms with Gasteiger partial charge in [-0.2, -0.15) is 13.4 Å². The van der Waals surface area contributed by atoms with Crippen molar-refractivity contribution < 1.29 is 17.5 Å². The van der Waals surface area contributed by atoms with Crippen LogP contribution in [0.1, 0.15) is 11.4 Å². The van der Waals surface area contributed by atoms with Crippen LogP contribution in [0.2, 0.25) is 0 Å². The van der Waals surface area contributed by atoms with Crippen molar-refractivity contribution >= 4 is 21.6 Å². The lowest BCUT2D eigenvalue weighted by Crippen LogP contribution is -2.14. The minimum atomic E-state index is -4.27. The zero-order valence-electron chi connectivity index (χ0n) is 11.7. The molecule has 2 N–H and O–H groups in total. The normalized spacial score (nSPS) is 11.2. The molecular formula is C12H12N4O5S. The smallest absolute Gasteiger partial charge is 0.373 e. The van der Waals surface area contributed by atoms with Gasteiger partial charge in [0.25, 0.3) is 0 Å². The lowest BCUT2D eigenvalue weighted by Gasteiger charge is -2.08. The summed E-state index contributed by atoms with van der Waals surface area (Å²) in [5.41, 5.74) is 5.50. The molecule has 0 aliphatic heterocycles. The summed E-state index contributed by atoms with van der Waals surface area (Å²) in [4.78, 5) is 17.2. The Morgan fingerprint density at radius 3 is 2.32 bits per heavy atom. The molecule has 0 spiro atoms. The number of aryl methyl sites for hydroxylation is 2. The van der Waals surface area contributed by atoms with Crippen LogP contribution < -0.4 is 9.92 Å². The van der Waals surface area contributed by atoms with Gasteiger partial charge in [-0.3, -0.25) is 10.1 Å². The molecule has 10 heteroatoms. The lowest BCUT2D eigenvalue weighted by atomic mass is 10.2. The number of rotatable bonds is 4. The van der Waals surface area contributed by atoms with Crippen LogP contribution in [-0.4, -0.2) is 23.3 Å². The maximum absolute atomic E-state index is 12.2. The maximum Gasteiger partial charge on any atom is 0.373 e. The van der Waals surface area contributed by atoms with Crippen LogP contribution >= 0.6 is 0 Å². The number of nitrogens with zero attached hydrogens (tertiary/aromatic N) is 3. The number of nitro groups is 1. The number of nitrogen functional groups attached to an aromatic ring is 1. The molecule has 22 heavy (non-hydrogen) atoms. The minimum Gasteiger partial charge on any atom is -0.378 e. The van der Waals surface area contributed by atoms with Crippen LogP contribution in [0.3, 0.4) is 0 Å². The van der Waals surface area contributed by atoms with Crippen LogP contribution in [0.25, 0.3) is 0 Å². The second kappa shape index (κ2) is 5.56. The van der Waals surface area contributed by atoms with Gasteiger partial charge in [0, 0.05) is 0 Å². The first kappa shape index (κ1) is 15.6. The van der Waals surface area contributed by atoms with Gasteiger partial charge in [0.1, 0.15) is 10.7 Å². The second-order valence-electron chi connectivity index (χ2n) is 4.42. The maximum atomic E-state index is 12.2. The zero-order chi connectivity index (χ0) is 16.5. The predicted octanol–water partition coefficient (Wildman–Crippen LogP) is 1.35. The fourth-order valence-corrected chi connectivity index (χ4v) is 2.54. The third kappa shape index (κ3) is 3.11. The van der Waals surface area contributed by atoms with E-state index in [4.69, 9.17) is 9.92 Å². The third-order valence-corrected chi connectivity index (χ3v) is 3.90. The molecule has 1 aromatic heterocycles. The van der Waals surface area contributed by atoms with Gasteiger partial charge in [0.2, 0.25) is 5.82 Å². The fourth-order valence-electron chi connectivity index (χ4n) is 1.65. The van der Waals surface area contributed by atoms with Crippen molar-refractivity contribution in [3.63, 3.8) is 0 Å². The SMILES string of the molecule is Cc1ccc(S(=O)(=O)Oc2nc(C)nc(N)c2[N+](=O)[O-])cc1. The van der Waals surface area contributed by atoms with Crippen LogP contribution in [0, 0.1) is 24.0 Å². The van der Waals surface area contributed by atoms with Gasteiger partial charge in [-0.25, -0.2) is 4.98 Å². The highest BCUT2D eigenvalue weighted by Crippen LogP contribution is 2.31. The highest BCUT2D eigenvalue weighted by molar-refractivity contribution is 7.87. The Bertz CT molecular complexity index is 833. The Morgan fingerprint density at radius 2 is 1.77 bits per heavy atom. The molecule has 9 nitrogen and oxygen atoms in total. The van der Waals surface area contributed by atoms with Crippen molar-refractivity contribution in [3.05, 3.63) is 45.8 Å². The van der Waals surface area contributed by atoms with Gasteiger partial charge in [-0.05, 0) is 26.0 Å². The van der Waals surface area contributed by atoms with Crippen LogP contribution in [0.4, 0.5) is 11.5 Å². The van der Waals surface area contributed by atoms with Gasteiger partial charge in [0.05, 0.1) is 4.92 Å². The number of hydrogen-bond donors (Lipinski definition) is 1. The van der Waals surface area contributed by atoms with Crippen molar-refractivity contribution in [2.75, 3.05) is 5.73 Å². The highest BCUT2D eigenvalue weighted by atomic mass is 32.2. The molecule has 0 amide bonds. The predicted molar refractivity (Wildman–Crippen MR) is 76.8 cm³/mol. The van der Waals surface area contributed by atoms with Crippen LogP contribution in [-0.2, 0) is 10.1 Å². The van der Waals surface area contributed by atoms with Gasteiger partial charge in [-0.1, -0.05) is 17.7 Å². The van der Waals surface area contributed by atoms with Crippen molar-refractivity contribution in [2.45, 2.75) is 18.7 Å². The van der Waals surface area contributed by atoms with Crippen LogP contribution in [0.15, 0.2) is 29.2 Å². The van der Waals surface area contributed by atoms with E-state index in [1.54, 1.807) is 19.1 Å². The summed E-state index contributed by atoms with van der Waals surface area (Å²) in [6, 6.07) is 5.80. The topological polar surface area (TPSA) is 138 Å². The highest BCUT2D eigenvalue weighted by Gasteiger charge is 2.29. The Labute approximate surface area is 126 Å². The Morgan fingerprint density at radius 1 is 1.18 bits per heavy atom. The average Bonchev–Trinajstić information content (AvgIpc) is 2.37. The monoisotopic (exact) mass is 324 g/mol. The van der Waals surface area contributed by atoms with E-state index in [1.165, 1.54) is 19.1 Å². The third-order valence-electron chi connectivity index (χ3n) is 2.67. The van der Waals surface area contributed by atoms with E-state index < -0.39 is 32.4 Å². The lowest BCUT2D eigenvalue weighted by molar-refractivity contribution is -0.385. The van der Waals surface area contributed by atoms with Crippen molar-refractivity contribution in [3.8, 4) is 5.88 Å². The molecule has 0 unspecified atom stereocenters. The summed E-state index contributed by atoms with van der Waals surface area (Å²) in [5, 5.41) is 11.0. The van der Waals surface area contributed by atoms with E-state index in [2.05, 4.69) is 9.97 Å². The molecule has 0 fully saturated rings. The Kier molecular flexibility index (Phi) is 3.95. The van der Waals surface area contributed by atoms with Gasteiger partial charge in [-0.15, -0.1) is 0 Å². The van der Waals surface area contributed by atoms with Gasteiger partial charge >= 0.3 is 21.7 Å². The summed E-state index contributed by atoms with van der Waals surface area (Å²) in [6.07, 6.45) is 0. The van der Waals surface area contributed by atoms with Gasteiger partial charge < -0.3 is 9.92 Å². The molecule has 2 aromatic rings. The number of anilines is 1. The Hall–Kier alpha value is -2.75. The molecule has 1 aromatic carbocycles. The molecular weight excluding hydrogens is 312 g/mol. The molecule has 0 atom stereocenters. The fraction of sp³-hybridized carbons (Fsp3) is 0.167. The molecule has 0 bridgehead atoms. The molecule has 0 saturated heterocycles. The van der Waals surface area contributed by atoms with E-state index in [9.17, 15) is 18.5 Å². The molecule has 0 aliphatic rings. The molecule has 1 heterocycles. The standard InChI is InChI=1S/C12H12N4O5S/c1-7-3-5-9(6-4-7)22(19,20)21-12-10(16(17)18)11(13)14-8(2)15-12/h3-6H,1-2H3,(H2,13,14,15). The van der Waals surface area contributed by atoms with Crippen molar-refractivity contribution in [1.82, 2.24) is 9.97 Å². The zero-order valence-corrected chi connectivity index (χ0v) is 12.5. The van der Waals surface area contributed by atoms with Gasteiger partial charge in [0.15, 0.2) is 0 Å². The largest absolute Gasteiger partial charge is 0.378 e. The van der Waals surface area contributed by atoms with E-state index >= 15 is 0 Å². The average molecular weight is 324 g/mol. The summed E-state index contributed by atoms with van der Waals surface area (Å²) < 4.78 is 29.1. The summed E-state index contributed by atoms with van der Waals surface area (Å²) >= 11 is 0. The number of benzene rings is 1. The number of nitrogens with two attached hydrogens (primary N) is 1. The first-order chi connectivity index (χ1) is 10.2. The molecule has 0 saturated carbocycles. The summed E-state index contributed by atoms with van der Waals surface area (Å²) in [6.45, 7) is 3.20. The first-order valence-corrected chi connectivity index (χ1v) is 7.41. The van der Waals surface area contributed by atoms with Crippen molar-refractivity contribution in [1.29, 1.82) is 0 Å². The molecule has 2 rings (SSSR count). The van der Waals surface area contributed by atoms with Crippen LogP contribution in [0.5, 0.6) is 5.88 Å². The molecule has 0 aliphatic carbocycles. The van der Waals surface area contributed by atoms with E-state index in [0.717, 1.165) is 5.56 Å². The molecule has 116 valence electrons. The number of hydrogen-bond acceptors (Lipinski definition) is 8.